The van der Waals surface area contributed by atoms with Gasteiger partial charge in [0.05, 0.1) is 12.5 Å². The molecule has 1 rings (SSSR count). The molecular formula is C8H15NO3. The summed E-state index contributed by atoms with van der Waals surface area (Å²) >= 11 is 0. The first-order valence-electron chi connectivity index (χ1n) is 4.39. The number of carboxylic acid groups (broad SMARTS) is 1. The van der Waals surface area contributed by atoms with Gasteiger partial charge in [0, 0.05) is 6.54 Å². The predicted octanol–water partition coefficient (Wildman–Crippen LogP) is 0.925. The van der Waals surface area contributed by atoms with E-state index in [-0.39, 0.29) is 6.42 Å². The minimum absolute atomic E-state index is 0.118. The van der Waals surface area contributed by atoms with Gasteiger partial charge in [-0.3, -0.25) is 9.63 Å². The van der Waals surface area contributed by atoms with Crippen LogP contribution in [0.4, 0.5) is 0 Å². The first-order valence-corrected chi connectivity index (χ1v) is 4.39. The predicted molar refractivity (Wildman–Crippen MR) is 43.6 cm³/mol. The highest BCUT2D eigenvalue weighted by molar-refractivity contribution is 5.66. The number of aliphatic carboxylic acids is 1. The lowest BCUT2D eigenvalue weighted by Crippen LogP contribution is -2.24. The van der Waals surface area contributed by atoms with Crippen molar-refractivity contribution < 1.29 is 14.7 Å². The number of rotatable bonds is 5. The van der Waals surface area contributed by atoms with Crippen LogP contribution >= 0.6 is 0 Å². The number of hydrogen-bond acceptors (Lipinski definition) is 3. The third-order valence-corrected chi connectivity index (χ3v) is 1.99. The van der Waals surface area contributed by atoms with Crippen LogP contribution in [0.25, 0.3) is 0 Å². The summed E-state index contributed by atoms with van der Waals surface area (Å²) in [6.45, 7) is 0.395. The SMILES string of the molecule is O=C(O)CCNOC1CCCC1. The zero-order chi connectivity index (χ0) is 8.81. The van der Waals surface area contributed by atoms with Gasteiger partial charge in [-0.15, -0.1) is 0 Å². The highest BCUT2D eigenvalue weighted by atomic mass is 16.7. The third-order valence-electron chi connectivity index (χ3n) is 1.99. The number of carbonyl (C=O) groups is 1. The molecule has 4 nitrogen and oxygen atoms in total. The molecule has 2 N–H and O–H groups in total. The second-order valence-electron chi connectivity index (χ2n) is 3.06. The van der Waals surface area contributed by atoms with Gasteiger partial charge in [0.15, 0.2) is 0 Å². The molecule has 0 radical (unpaired) electrons. The maximum atomic E-state index is 10.1. The smallest absolute Gasteiger partial charge is 0.304 e. The van der Waals surface area contributed by atoms with Crippen molar-refractivity contribution in [1.29, 1.82) is 0 Å². The van der Waals surface area contributed by atoms with Gasteiger partial charge in [0.25, 0.3) is 0 Å². The Morgan fingerprint density at radius 2 is 2.17 bits per heavy atom. The lowest BCUT2D eigenvalue weighted by atomic mass is 10.3. The maximum Gasteiger partial charge on any atom is 0.304 e. The monoisotopic (exact) mass is 173 g/mol. The summed E-state index contributed by atoms with van der Waals surface area (Å²) in [6.07, 6.45) is 5.07. The molecule has 0 bridgehead atoms. The fourth-order valence-corrected chi connectivity index (χ4v) is 1.34. The summed E-state index contributed by atoms with van der Waals surface area (Å²) in [5, 5.41) is 8.31. The van der Waals surface area contributed by atoms with E-state index >= 15 is 0 Å². The van der Waals surface area contributed by atoms with Crippen molar-refractivity contribution >= 4 is 5.97 Å². The van der Waals surface area contributed by atoms with E-state index in [4.69, 9.17) is 9.94 Å². The molecule has 1 aliphatic carbocycles. The normalized spacial score (nSPS) is 18.3. The first-order chi connectivity index (χ1) is 5.79. The second kappa shape index (κ2) is 5.11. The van der Waals surface area contributed by atoms with E-state index in [1.54, 1.807) is 0 Å². The Morgan fingerprint density at radius 3 is 2.75 bits per heavy atom. The van der Waals surface area contributed by atoms with Gasteiger partial charge in [-0.2, -0.15) is 0 Å². The maximum absolute atomic E-state index is 10.1. The van der Waals surface area contributed by atoms with Crippen LogP contribution in [-0.2, 0) is 9.63 Å². The third kappa shape index (κ3) is 3.69. The van der Waals surface area contributed by atoms with Crippen LogP contribution in [0.15, 0.2) is 0 Å². The van der Waals surface area contributed by atoms with Crippen molar-refractivity contribution in [3.05, 3.63) is 0 Å². The minimum atomic E-state index is -0.794. The molecule has 4 heteroatoms. The number of hydrogen-bond donors (Lipinski definition) is 2. The number of hydroxylamine groups is 1. The fraction of sp³-hybridized carbons (Fsp3) is 0.875. The van der Waals surface area contributed by atoms with Crippen LogP contribution in [0.5, 0.6) is 0 Å². The van der Waals surface area contributed by atoms with Gasteiger partial charge in [0.1, 0.15) is 0 Å². The molecule has 1 aliphatic rings. The molecule has 1 saturated carbocycles. The Balaban J connectivity index is 1.91. The Kier molecular flexibility index (Phi) is 4.04. The van der Waals surface area contributed by atoms with Crippen molar-refractivity contribution in [1.82, 2.24) is 5.48 Å². The van der Waals surface area contributed by atoms with E-state index in [1.165, 1.54) is 12.8 Å². The molecule has 70 valence electrons. The van der Waals surface area contributed by atoms with Crippen LogP contribution in [-0.4, -0.2) is 23.7 Å². The summed E-state index contributed by atoms with van der Waals surface area (Å²) in [4.78, 5) is 15.3. The van der Waals surface area contributed by atoms with Crippen LogP contribution in [0.1, 0.15) is 32.1 Å². The van der Waals surface area contributed by atoms with E-state index in [2.05, 4.69) is 5.48 Å². The minimum Gasteiger partial charge on any atom is -0.481 e. The molecule has 0 spiro atoms. The van der Waals surface area contributed by atoms with Crippen LogP contribution in [0.2, 0.25) is 0 Å². The van der Waals surface area contributed by atoms with Crippen molar-refractivity contribution in [2.75, 3.05) is 6.54 Å². The molecular weight excluding hydrogens is 158 g/mol. The number of nitrogens with one attached hydrogen (secondary N) is 1. The van der Waals surface area contributed by atoms with Crippen LogP contribution in [0, 0.1) is 0 Å². The van der Waals surface area contributed by atoms with E-state index in [9.17, 15) is 4.79 Å². The lowest BCUT2D eigenvalue weighted by molar-refractivity contribution is -0.137. The average Bonchev–Trinajstić information content (AvgIpc) is 2.49. The first kappa shape index (κ1) is 9.48. The highest BCUT2D eigenvalue weighted by Crippen LogP contribution is 2.19. The van der Waals surface area contributed by atoms with Gasteiger partial charge < -0.3 is 5.11 Å². The van der Waals surface area contributed by atoms with Gasteiger partial charge >= 0.3 is 5.97 Å². The van der Waals surface area contributed by atoms with E-state index in [0.717, 1.165) is 12.8 Å². The van der Waals surface area contributed by atoms with Crippen molar-refractivity contribution in [3.8, 4) is 0 Å². The Hall–Kier alpha value is -0.610. The lowest BCUT2D eigenvalue weighted by Gasteiger charge is -2.10. The Bertz CT molecular complexity index is 143. The van der Waals surface area contributed by atoms with E-state index in [1.807, 2.05) is 0 Å². The summed E-state index contributed by atoms with van der Waals surface area (Å²) in [7, 11) is 0. The Labute approximate surface area is 71.9 Å². The standard InChI is InChI=1S/C8H15NO3/c10-8(11)5-6-9-12-7-3-1-2-4-7/h7,9H,1-6H2,(H,10,11). The highest BCUT2D eigenvalue weighted by Gasteiger charge is 2.15. The summed E-state index contributed by atoms with van der Waals surface area (Å²) in [5.74, 6) is -0.794. The second-order valence-corrected chi connectivity index (χ2v) is 3.06. The largest absolute Gasteiger partial charge is 0.481 e. The molecule has 0 atom stereocenters. The molecule has 0 aromatic heterocycles. The molecule has 1 fully saturated rings. The summed E-state index contributed by atoms with van der Waals surface area (Å²) in [6, 6.07) is 0. The molecule has 0 heterocycles. The van der Waals surface area contributed by atoms with Gasteiger partial charge in [-0.1, -0.05) is 12.8 Å². The molecule has 0 aliphatic heterocycles. The Morgan fingerprint density at radius 1 is 1.50 bits per heavy atom. The van der Waals surface area contributed by atoms with Gasteiger partial charge in [-0.05, 0) is 12.8 Å². The van der Waals surface area contributed by atoms with Crippen molar-refractivity contribution in [2.45, 2.75) is 38.2 Å². The van der Waals surface area contributed by atoms with Crippen LogP contribution in [0.3, 0.4) is 0 Å². The van der Waals surface area contributed by atoms with Crippen molar-refractivity contribution in [3.63, 3.8) is 0 Å². The topological polar surface area (TPSA) is 58.6 Å². The molecule has 0 aromatic carbocycles. The molecule has 0 aromatic rings. The van der Waals surface area contributed by atoms with Gasteiger partial charge in [-0.25, -0.2) is 5.48 Å². The van der Waals surface area contributed by atoms with Crippen LogP contribution < -0.4 is 5.48 Å². The quantitative estimate of drug-likeness (QED) is 0.479. The zero-order valence-electron chi connectivity index (χ0n) is 7.08. The average molecular weight is 173 g/mol. The fourth-order valence-electron chi connectivity index (χ4n) is 1.34. The zero-order valence-corrected chi connectivity index (χ0v) is 7.08. The molecule has 0 saturated heterocycles. The van der Waals surface area contributed by atoms with E-state index < -0.39 is 5.97 Å². The summed E-state index contributed by atoms with van der Waals surface area (Å²) in [5.41, 5.74) is 2.68. The molecule has 0 unspecified atom stereocenters. The summed E-state index contributed by atoms with van der Waals surface area (Å²) < 4.78 is 0. The molecule has 12 heavy (non-hydrogen) atoms. The molecule has 0 amide bonds. The van der Waals surface area contributed by atoms with Crippen molar-refractivity contribution in [2.24, 2.45) is 0 Å². The van der Waals surface area contributed by atoms with Gasteiger partial charge in [0.2, 0.25) is 0 Å². The number of carboxylic acids is 1. The van der Waals surface area contributed by atoms with E-state index in [0.29, 0.717) is 12.6 Å².